The number of aryl methyl sites for hydroxylation is 1. The van der Waals surface area contributed by atoms with Gasteiger partial charge in [-0.15, -0.1) is 5.10 Å². The first-order chi connectivity index (χ1) is 17.5. The summed E-state index contributed by atoms with van der Waals surface area (Å²) < 4.78 is 12.9. The summed E-state index contributed by atoms with van der Waals surface area (Å²) in [5.41, 5.74) is 4.56. The number of allylic oxidation sites excluding steroid dienone is 1. The van der Waals surface area contributed by atoms with Crippen molar-refractivity contribution in [2.75, 3.05) is 24.9 Å². The maximum absolute atomic E-state index is 13.8. The summed E-state index contributed by atoms with van der Waals surface area (Å²) >= 11 is 0. The molecule has 0 spiro atoms. The molecule has 4 aromatic rings. The Morgan fingerprint density at radius 3 is 2.42 bits per heavy atom. The molecule has 0 aliphatic carbocycles. The van der Waals surface area contributed by atoms with Crippen LogP contribution >= 0.6 is 0 Å². The normalized spacial score (nSPS) is 14.6. The number of amides is 1. The number of aromatic nitrogens is 3. The van der Waals surface area contributed by atoms with E-state index < -0.39 is 6.04 Å². The zero-order valence-electron chi connectivity index (χ0n) is 20.6. The molecule has 182 valence electrons. The maximum atomic E-state index is 13.8. The highest BCUT2D eigenvalue weighted by molar-refractivity contribution is 6.06. The Morgan fingerprint density at radius 2 is 1.67 bits per heavy atom. The van der Waals surface area contributed by atoms with Crippen molar-refractivity contribution >= 4 is 17.5 Å². The first kappa shape index (κ1) is 23.2. The highest BCUT2D eigenvalue weighted by Gasteiger charge is 2.36. The molecule has 0 fully saturated rings. The molecule has 1 atom stereocenters. The molecule has 2 heterocycles. The molecule has 3 aromatic carbocycles. The van der Waals surface area contributed by atoms with Gasteiger partial charge in [-0.25, -0.2) is 4.68 Å². The molecule has 1 amide bonds. The van der Waals surface area contributed by atoms with Crippen molar-refractivity contribution in [3.8, 4) is 22.9 Å². The van der Waals surface area contributed by atoms with Crippen LogP contribution in [0, 0.1) is 6.92 Å². The minimum absolute atomic E-state index is 0.279. The van der Waals surface area contributed by atoms with Crippen LogP contribution in [0.4, 0.5) is 11.6 Å². The fourth-order valence-corrected chi connectivity index (χ4v) is 4.47. The molecule has 1 aliphatic heterocycles. The number of para-hydroxylation sites is 3. The van der Waals surface area contributed by atoms with Crippen molar-refractivity contribution in [1.82, 2.24) is 14.8 Å². The lowest BCUT2D eigenvalue weighted by molar-refractivity contribution is -0.113. The van der Waals surface area contributed by atoms with Crippen LogP contribution in [0.3, 0.4) is 0 Å². The number of fused-ring (bicyclic) bond motifs is 1. The van der Waals surface area contributed by atoms with Crippen molar-refractivity contribution in [1.29, 1.82) is 0 Å². The molecule has 8 heteroatoms. The molecule has 0 saturated heterocycles. The summed E-state index contributed by atoms with van der Waals surface area (Å²) in [7, 11) is 3.19. The highest BCUT2D eigenvalue weighted by atomic mass is 16.5. The molecule has 0 bridgehead atoms. The Balaban J connectivity index is 1.64. The summed E-state index contributed by atoms with van der Waals surface area (Å²) in [4.78, 5) is 18.6. The Morgan fingerprint density at radius 1 is 0.944 bits per heavy atom. The van der Waals surface area contributed by atoms with E-state index in [-0.39, 0.29) is 5.91 Å². The molecule has 5 rings (SSSR count). The number of benzene rings is 3. The predicted molar refractivity (Wildman–Crippen MR) is 139 cm³/mol. The summed E-state index contributed by atoms with van der Waals surface area (Å²) in [6, 6.07) is 22.4. The number of rotatable bonds is 6. The van der Waals surface area contributed by atoms with Gasteiger partial charge in [-0.05, 0) is 38.1 Å². The quantitative estimate of drug-likeness (QED) is 0.394. The summed E-state index contributed by atoms with van der Waals surface area (Å²) in [6.07, 6.45) is 0. The van der Waals surface area contributed by atoms with Gasteiger partial charge in [0.2, 0.25) is 5.95 Å². The minimum atomic E-state index is -0.571. The van der Waals surface area contributed by atoms with Crippen molar-refractivity contribution in [3.05, 3.63) is 95.2 Å². The summed E-state index contributed by atoms with van der Waals surface area (Å²) in [5, 5.41) is 11.1. The van der Waals surface area contributed by atoms with E-state index in [0.29, 0.717) is 40.2 Å². The lowest BCUT2D eigenvalue weighted by Crippen LogP contribution is -2.31. The van der Waals surface area contributed by atoms with Crippen LogP contribution in [0.15, 0.2) is 84.1 Å². The second-order valence-electron chi connectivity index (χ2n) is 8.54. The van der Waals surface area contributed by atoms with Crippen molar-refractivity contribution in [2.45, 2.75) is 19.9 Å². The lowest BCUT2D eigenvalue weighted by atomic mass is 9.94. The number of carbonyl (C=O) groups is 1. The average molecular weight is 482 g/mol. The van der Waals surface area contributed by atoms with Crippen LogP contribution in [0.25, 0.3) is 11.4 Å². The molecule has 1 unspecified atom stereocenters. The van der Waals surface area contributed by atoms with Crippen molar-refractivity contribution < 1.29 is 14.3 Å². The Bertz CT molecular complexity index is 1470. The van der Waals surface area contributed by atoms with Gasteiger partial charge in [-0.1, -0.05) is 54.1 Å². The maximum Gasteiger partial charge on any atom is 0.255 e. The Labute approximate surface area is 209 Å². The second-order valence-corrected chi connectivity index (χ2v) is 8.54. The molecular formula is C28H27N5O3. The second kappa shape index (κ2) is 9.58. The number of methoxy groups -OCH3 is 2. The monoisotopic (exact) mass is 481 g/mol. The molecule has 0 radical (unpaired) electrons. The van der Waals surface area contributed by atoms with Crippen LogP contribution in [0.2, 0.25) is 0 Å². The molecule has 0 saturated carbocycles. The number of hydrogen-bond acceptors (Lipinski definition) is 6. The van der Waals surface area contributed by atoms with Crippen LogP contribution in [-0.2, 0) is 4.79 Å². The lowest BCUT2D eigenvalue weighted by Gasteiger charge is -2.29. The average Bonchev–Trinajstić information content (AvgIpc) is 3.32. The molecule has 36 heavy (non-hydrogen) atoms. The predicted octanol–water partition coefficient (Wildman–Crippen LogP) is 5.20. The van der Waals surface area contributed by atoms with E-state index in [0.717, 1.165) is 16.7 Å². The van der Waals surface area contributed by atoms with E-state index in [1.165, 1.54) is 0 Å². The fourth-order valence-electron chi connectivity index (χ4n) is 4.47. The largest absolute Gasteiger partial charge is 0.496 e. The zero-order chi connectivity index (χ0) is 25.2. The van der Waals surface area contributed by atoms with Crippen molar-refractivity contribution in [2.24, 2.45) is 0 Å². The van der Waals surface area contributed by atoms with E-state index in [1.54, 1.807) is 31.0 Å². The molecular weight excluding hydrogens is 454 g/mol. The number of ether oxygens (including phenoxy) is 2. The Hall–Kier alpha value is -4.59. The third-order valence-electron chi connectivity index (χ3n) is 6.16. The van der Waals surface area contributed by atoms with Crippen LogP contribution < -0.4 is 20.1 Å². The van der Waals surface area contributed by atoms with E-state index in [9.17, 15) is 4.79 Å². The van der Waals surface area contributed by atoms with E-state index in [1.807, 2.05) is 74.5 Å². The molecule has 1 aromatic heterocycles. The van der Waals surface area contributed by atoms with Crippen LogP contribution in [0.5, 0.6) is 11.5 Å². The van der Waals surface area contributed by atoms with Crippen molar-refractivity contribution in [3.63, 3.8) is 0 Å². The minimum Gasteiger partial charge on any atom is -0.496 e. The standard InChI is InChI=1S/C28H27N5O3/c1-17-10-9-11-19(16-17)26-31-28-29-18(2)24(27(34)30-21-13-6-8-15-23(21)36-4)25(33(28)32-26)20-12-5-7-14-22(20)35-3/h5-16,25H,1-4H3,(H,30,34)(H,29,31,32). The molecule has 1 aliphatic rings. The first-order valence-electron chi connectivity index (χ1n) is 11.6. The third-order valence-corrected chi connectivity index (χ3v) is 6.16. The highest BCUT2D eigenvalue weighted by Crippen LogP contribution is 2.40. The number of nitrogens with zero attached hydrogens (tertiary/aromatic N) is 3. The van der Waals surface area contributed by atoms with Gasteiger partial charge < -0.3 is 20.1 Å². The van der Waals surface area contributed by atoms with Gasteiger partial charge in [0.1, 0.15) is 17.5 Å². The third kappa shape index (κ3) is 4.17. The fraction of sp³-hybridized carbons (Fsp3) is 0.179. The smallest absolute Gasteiger partial charge is 0.255 e. The van der Waals surface area contributed by atoms with Gasteiger partial charge in [0.15, 0.2) is 5.82 Å². The van der Waals surface area contributed by atoms with Gasteiger partial charge in [0.25, 0.3) is 5.91 Å². The van der Waals surface area contributed by atoms with Gasteiger partial charge >= 0.3 is 0 Å². The van der Waals surface area contributed by atoms with E-state index >= 15 is 0 Å². The van der Waals surface area contributed by atoms with Gasteiger partial charge in [0, 0.05) is 16.8 Å². The summed E-state index contributed by atoms with van der Waals surface area (Å²) in [6.45, 7) is 3.89. The molecule has 8 nitrogen and oxygen atoms in total. The number of carbonyl (C=O) groups excluding carboxylic acids is 1. The van der Waals surface area contributed by atoms with Gasteiger partial charge in [-0.2, -0.15) is 4.98 Å². The van der Waals surface area contributed by atoms with E-state index in [4.69, 9.17) is 19.6 Å². The van der Waals surface area contributed by atoms with Gasteiger partial charge in [0.05, 0.1) is 25.5 Å². The number of hydrogen-bond donors (Lipinski definition) is 2. The van der Waals surface area contributed by atoms with Crippen LogP contribution in [-0.4, -0.2) is 34.9 Å². The number of anilines is 2. The van der Waals surface area contributed by atoms with Gasteiger partial charge in [-0.3, -0.25) is 4.79 Å². The number of nitrogens with one attached hydrogen (secondary N) is 2. The van der Waals surface area contributed by atoms with E-state index in [2.05, 4.69) is 10.6 Å². The topological polar surface area (TPSA) is 90.3 Å². The Kier molecular flexibility index (Phi) is 6.16. The molecule has 2 N–H and O–H groups in total. The SMILES string of the molecule is COc1ccccc1NC(=O)C1=C(C)Nc2nc(-c3cccc(C)c3)nn2C1c1ccccc1OC. The zero-order valence-corrected chi connectivity index (χ0v) is 20.6. The summed E-state index contributed by atoms with van der Waals surface area (Å²) in [5.74, 6) is 2.07. The van der Waals surface area contributed by atoms with Crippen LogP contribution in [0.1, 0.15) is 24.1 Å². The first-order valence-corrected chi connectivity index (χ1v) is 11.6.